The summed E-state index contributed by atoms with van der Waals surface area (Å²) < 4.78 is 24.1. The summed E-state index contributed by atoms with van der Waals surface area (Å²) in [6.07, 6.45) is 0. The Kier molecular flexibility index (Phi) is 4.42. The number of benzene rings is 2. The van der Waals surface area contributed by atoms with Crippen LogP contribution >= 0.6 is 0 Å². The number of anilines is 1. The fraction of sp³-hybridized carbons (Fsp3) is 0.188. The Bertz CT molecular complexity index is 671. The summed E-state index contributed by atoms with van der Waals surface area (Å²) in [5, 5.41) is 0. The summed E-state index contributed by atoms with van der Waals surface area (Å²) in [4.78, 5) is 11.7. The minimum atomic E-state index is -0.499. The van der Waals surface area contributed by atoms with E-state index in [1.165, 1.54) is 24.3 Å². The van der Waals surface area contributed by atoms with Gasteiger partial charge in [0.1, 0.15) is 0 Å². The van der Waals surface area contributed by atoms with Gasteiger partial charge in [0.2, 0.25) is 0 Å². The molecule has 0 saturated heterocycles. The molecule has 0 aliphatic carbocycles. The zero-order valence-corrected chi connectivity index (χ0v) is 11.9. The van der Waals surface area contributed by atoms with Crippen molar-refractivity contribution < 1.29 is 18.7 Å². The maximum absolute atomic E-state index is 13.7. The van der Waals surface area contributed by atoms with Gasteiger partial charge in [-0.3, -0.25) is 0 Å². The molecular weight excluding hydrogens is 273 g/mol. The minimum Gasteiger partial charge on any atom is -0.462 e. The van der Waals surface area contributed by atoms with E-state index in [9.17, 15) is 9.18 Å². The average molecular weight is 289 g/mol. The van der Waals surface area contributed by atoms with Gasteiger partial charge in [0.15, 0.2) is 17.3 Å². The normalized spacial score (nSPS) is 10.2. The molecule has 0 unspecified atom stereocenters. The van der Waals surface area contributed by atoms with E-state index in [4.69, 9.17) is 15.2 Å². The van der Waals surface area contributed by atoms with Gasteiger partial charge in [0.05, 0.1) is 17.9 Å². The highest BCUT2D eigenvalue weighted by atomic mass is 19.1. The predicted molar refractivity (Wildman–Crippen MR) is 78.0 cm³/mol. The number of carbonyl (C=O) groups excluding carboxylic acids is 1. The Morgan fingerprint density at radius 1 is 1.19 bits per heavy atom. The van der Waals surface area contributed by atoms with Gasteiger partial charge in [-0.1, -0.05) is 6.07 Å². The van der Waals surface area contributed by atoms with E-state index in [-0.39, 0.29) is 18.1 Å². The van der Waals surface area contributed by atoms with Crippen molar-refractivity contribution in [2.45, 2.75) is 13.8 Å². The number of nitrogens with two attached hydrogens (primary N) is 1. The quantitative estimate of drug-likeness (QED) is 0.689. The highest BCUT2D eigenvalue weighted by Crippen LogP contribution is 2.30. The van der Waals surface area contributed by atoms with Crippen molar-refractivity contribution in [2.24, 2.45) is 0 Å². The summed E-state index contributed by atoms with van der Waals surface area (Å²) in [5.74, 6) is -0.707. The Morgan fingerprint density at radius 2 is 1.95 bits per heavy atom. The van der Waals surface area contributed by atoms with Gasteiger partial charge in [-0.15, -0.1) is 0 Å². The van der Waals surface area contributed by atoms with Gasteiger partial charge in [-0.2, -0.15) is 0 Å². The Balaban J connectivity index is 2.33. The lowest BCUT2D eigenvalue weighted by Gasteiger charge is -2.11. The number of aryl methyl sites for hydroxylation is 1. The summed E-state index contributed by atoms with van der Waals surface area (Å²) in [6.45, 7) is 3.81. The van der Waals surface area contributed by atoms with E-state index in [0.717, 1.165) is 5.56 Å². The lowest BCUT2D eigenvalue weighted by Crippen LogP contribution is -2.05. The molecule has 0 heterocycles. The third-order valence-corrected chi connectivity index (χ3v) is 2.83. The predicted octanol–water partition coefficient (Wildman–Crippen LogP) is 3.69. The Hall–Kier alpha value is -2.56. The number of halogens is 1. The second kappa shape index (κ2) is 6.26. The van der Waals surface area contributed by atoms with Crippen LogP contribution < -0.4 is 10.5 Å². The molecule has 21 heavy (non-hydrogen) atoms. The number of esters is 1. The van der Waals surface area contributed by atoms with Crippen LogP contribution in [0.5, 0.6) is 11.5 Å². The smallest absolute Gasteiger partial charge is 0.338 e. The van der Waals surface area contributed by atoms with Gasteiger partial charge >= 0.3 is 5.97 Å². The number of nitrogen functional groups attached to an aromatic ring is 1. The van der Waals surface area contributed by atoms with E-state index in [2.05, 4.69) is 0 Å². The van der Waals surface area contributed by atoms with Crippen LogP contribution in [0.1, 0.15) is 22.8 Å². The monoisotopic (exact) mass is 289 g/mol. The topological polar surface area (TPSA) is 61.5 Å². The van der Waals surface area contributed by atoms with Crippen LogP contribution in [-0.4, -0.2) is 12.6 Å². The molecule has 0 radical (unpaired) electrons. The van der Waals surface area contributed by atoms with Gasteiger partial charge in [-0.25, -0.2) is 9.18 Å². The molecule has 0 aromatic heterocycles. The largest absolute Gasteiger partial charge is 0.462 e. The third kappa shape index (κ3) is 3.51. The molecule has 0 aliphatic rings. The number of hydrogen-bond donors (Lipinski definition) is 1. The highest BCUT2D eigenvalue weighted by molar-refractivity contribution is 5.90. The molecule has 2 rings (SSSR count). The molecule has 4 nitrogen and oxygen atoms in total. The summed E-state index contributed by atoms with van der Waals surface area (Å²) in [6, 6.07) is 9.01. The maximum Gasteiger partial charge on any atom is 0.338 e. The zero-order chi connectivity index (χ0) is 15.4. The maximum atomic E-state index is 13.7. The van der Waals surface area contributed by atoms with Gasteiger partial charge in [-0.05, 0) is 49.7 Å². The molecule has 110 valence electrons. The van der Waals surface area contributed by atoms with Crippen molar-refractivity contribution >= 4 is 11.7 Å². The van der Waals surface area contributed by atoms with E-state index in [0.29, 0.717) is 11.3 Å². The fourth-order valence-corrected chi connectivity index (χ4v) is 1.77. The molecule has 2 aromatic carbocycles. The lowest BCUT2D eigenvalue weighted by molar-refractivity contribution is 0.0526. The van der Waals surface area contributed by atoms with Crippen molar-refractivity contribution in [3.05, 3.63) is 53.3 Å². The van der Waals surface area contributed by atoms with E-state index < -0.39 is 11.8 Å². The van der Waals surface area contributed by atoms with Crippen LogP contribution in [0.2, 0.25) is 0 Å². The molecule has 0 amide bonds. The molecule has 2 aromatic rings. The Labute approximate surface area is 122 Å². The number of carbonyl (C=O) groups is 1. The van der Waals surface area contributed by atoms with Crippen molar-refractivity contribution in [2.75, 3.05) is 12.3 Å². The van der Waals surface area contributed by atoms with Crippen LogP contribution in [0.25, 0.3) is 0 Å². The first-order valence-electron chi connectivity index (χ1n) is 6.52. The zero-order valence-electron chi connectivity index (χ0n) is 11.9. The molecule has 0 bridgehead atoms. The molecule has 0 aliphatic heterocycles. The van der Waals surface area contributed by atoms with Crippen molar-refractivity contribution in [1.82, 2.24) is 0 Å². The van der Waals surface area contributed by atoms with Crippen LogP contribution in [0, 0.1) is 12.7 Å². The van der Waals surface area contributed by atoms with Crippen LogP contribution in [0.4, 0.5) is 10.1 Å². The third-order valence-electron chi connectivity index (χ3n) is 2.83. The van der Waals surface area contributed by atoms with E-state index >= 15 is 0 Å². The standard InChI is InChI=1S/C16H16FNO3/c1-3-20-16(19)11-5-7-13(18)15(9-11)21-14-8-10(2)4-6-12(14)17/h4-9H,3,18H2,1-2H3. The molecule has 0 spiro atoms. The van der Waals surface area contributed by atoms with E-state index in [1.54, 1.807) is 19.1 Å². The first kappa shape index (κ1) is 14.8. The lowest BCUT2D eigenvalue weighted by atomic mass is 10.2. The average Bonchev–Trinajstić information content (AvgIpc) is 2.45. The van der Waals surface area contributed by atoms with Crippen LogP contribution in [0.3, 0.4) is 0 Å². The highest BCUT2D eigenvalue weighted by Gasteiger charge is 2.12. The van der Waals surface area contributed by atoms with Crippen molar-refractivity contribution in [1.29, 1.82) is 0 Å². The fourth-order valence-electron chi connectivity index (χ4n) is 1.77. The first-order chi connectivity index (χ1) is 10.0. The number of ether oxygens (including phenoxy) is 2. The van der Waals surface area contributed by atoms with Gasteiger partial charge < -0.3 is 15.2 Å². The summed E-state index contributed by atoms with van der Waals surface area (Å²) in [5.41, 5.74) is 7.26. The van der Waals surface area contributed by atoms with Gasteiger partial charge in [0, 0.05) is 0 Å². The molecule has 0 saturated carbocycles. The summed E-state index contributed by atoms with van der Waals surface area (Å²) >= 11 is 0. The molecule has 2 N–H and O–H groups in total. The van der Waals surface area contributed by atoms with Gasteiger partial charge in [0.25, 0.3) is 0 Å². The van der Waals surface area contributed by atoms with Crippen molar-refractivity contribution in [3.63, 3.8) is 0 Å². The second-order valence-corrected chi connectivity index (χ2v) is 4.51. The molecule has 5 heteroatoms. The second-order valence-electron chi connectivity index (χ2n) is 4.51. The van der Waals surface area contributed by atoms with Crippen LogP contribution in [-0.2, 0) is 4.74 Å². The minimum absolute atomic E-state index is 0.0581. The molecular formula is C16H16FNO3. The number of hydrogen-bond acceptors (Lipinski definition) is 4. The first-order valence-corrected chi connectivity index (χ1v) is 6.52. The van der Waals surface area contributed by atoms with E-state index in [1.807, 2.05) is 6.92 Å². The molecule has 0 atom stereocenters. The SMILES string of the molecule is CCOC(=O)c1ccc(N)c(Oc2cc(C)ccc2F)c1. The Morgan fingerprint density at radius 3 is 2.67 bits per heavy atom. The van der Waals surface area contributed by atoms with Crippen LogP contribution in [0.15, 0.2) is 36.4 Å². The van der Waals surface area contributed by atoms with Crippen molar-refractivity contribution in [3.8, 4) is 11.5 Å². The molecule has 0 fully saturated rings. The summed E-state index contributed by atoms with van der Waals surface area (Å²) in [7, 11) is 0. The number of rotatable bonds is 4.